The topological polar surface area (TPSA) is 53.8 Å². The third kappa shape index (κ3) is 3.23. The van der Waals surface area contributed by atoms with Crippen molar-refractivity contribution in [2.24, 2.45) is 0 Å². The maximum Gasteiger partial charge on any atom is 0.258 e. The molecule has 1 saturated heterocycles. The lowest BCUT2D eigenvalue weighted by atomic mass is 10.0. The summed E-state index contributed by atoms with van der Waals surface area (Å²) >= 11 is 0. The number of hydrogen-bond donors (Lipinski definition) is 0. The van der Waals surface area contributed by atoms with Crippen molar-refractivity contribution in [2.75, 3.05) is 16.3 Å². The molecular formula is C24H24N2O3. The van der Waals surface area contributed by atoms with Crippen molar-refractivity contribution in [3.63, 3.8) is 0 Å². The number of anilines is 2. The first-order valence-electron chi connectivity index (χ1n) is 9.69. The molecule has 0 aliphatic carbocycles. The number of nitrogens with zero attached hydrogens (tertiary/aromatic N) is 2. The number of aryl methyl sites for hydroxylation is 4. The highest BCUT2D eigenvalue weighted by Gasteiger charge is 2.44. The molecule has 1 aliphatic rings. The first kappa shape index (κ1) is 19.0. The van der Waals surface area contributed by atoms with E-state index in [1.54, 1.807) is 21.9 Å². The zero-order chi connectivity index (χ0) is 20.7. The van der Waals surface area contributed by atoms with Crippen LogP contribution in [0.3, 0.4) is 0 Å². The van der Waals surface area contributed by atoms with Crippen LogP contribution in [0.4, 0.5) is 11.4 Å². The van der Waals surface area contributed by atoms with Crippen molar-refractivity contribution >= 4 is 23.2 Å². The van der Waals surface area contributed by atoms with Gasteiger partial charge in [-0.2, -0.15) is 0 Å². The van der Waals surface area contributed by atoms with Gasteiger partial charge in [-0.25, -0.2) is 0 Å². The lowest BCUT2D eigenvalue weighted by Crippen LogP contribution is -2.56. The van der Waals surface area contributed by atoms with Gasteiger partial charge in [-0.3, -0.25) is 14.5 Å². The van der Waals surface area contributed by atoms with Crippen LogP contribution in [-0.4, -0.2) is 18.4 Å². The maximum absolute atomic E-state index is 13.7. The zero-order valence-corrected chi connectivity index (χ0v) is 17.1. The van der Waals surface area contributed by atoms with Gasteiger partial charge < -0.3 is 9.32 Å². The Labute approximate surface area is 170 Å². The highest BCUT2D eigenvalue weighted by molar-refractivity contribution is 6.15. The molecule has 1 aliphatic heterocycles. The summed E-state index contributed by atoms with van der Waals surface area (Å²) in [5.41, 5.74) is 5.50. The molecule has 2 heterocycles. The fraction of sp³-hybridized carbons (Fsp3) is 0.250. The Morgan fingerprint density at radius 2 is 1.62 bits per heavy atom. The Hall–Kier alpha value is -3.34. The van der Waals surface area contributed by atoms with Crippen LogP contribution in [0.15, 0.2) is 59.2 Å². The first-order chi connectivity index (χ1) is 13.9. The van der Waals surface area contributed by atoms with Gasteiger partial charge in [-0.15, -0.1) is 0 Å². The maximum atomic E-state index is 13.7. The molecule has 5 heteroatoms. The van der Waals surface area contributed by atoms with E-state index in [4.69, 9.17) is 4.42 Å². The standard InChI is InChI=1S/C24H24N2O3/c1-15-10-11-19(18(4)13-15)26-21(27)14-25(22-16(2)7-5-8-17(22)3)24(28)23(26)20-9-6-12-29-20/h5-13,23H,14H2,1-4H3/t23-/m0/s1. The average Bonchev–Trinajstić information content (AvgIpc) is 3.18. The van der Waals surface area contributed by atoms with Gasteiger partial charge in [0.25, 0.3) is 5.91 Å². The van der Waals surface area contributed by atoms with Gasteiger partial charge in [-0.05, 0) is 62.6 Å². The summed E-state index contributed by atoms with van der Waals surface area (Å²) in [5, 5.41) is 0. The van der Waals surface area contributed by atoms with Crippen LogP contribution in [0.2, 0.25) is 0 Å². The van der Waals surface area contributed by atoms with E-state index in [-0.39, 0.29) is 18.4 Å². The highest BCUT2D eigenvalue weighted by Crippen LogP contribution is 2.38. The fourth-order valence-corrected chi connectivity index (χ4v) is 4.16. The molecule has 2 amide bonds. The number of hydrogen-bond acceptors (Lipinski definition) is 3. The molecule has 2 aromatic carbocycles. The van der Waals surface area contributed by atoms with Gasteiger partial charge in [0.15, 0.2) is 6.04 Å². The summed E-state index contributed by atoms with van der Waals surface area (Å²) < 4.78 is 5.61. The number of carbonyl (C=O) groups excluding carboxylic acids is 2. The first-order valence-corrected chi connectivity index (χ1v) is 9.69. The molecule has 0 unspecified atom stereocenters. The molecule has 1 fully saturated rings. The summed E-state index contributed by atoms with van der Waals surface area (Å²) in [6.07, 6.45) is 1.53. The lowest BCUT2D eigenvalue weighted by molar-refractivity contribution is -0.129. The third-order valence-electron chi connectivity index (χ3n) is 5.45. The van der Waals surface area contributed by atoms with Gasteiger partial charge in [0.1, 0.15) is 12.3 Å². The number of amides is 2. The molecular weight excluding hydrogens is 364 g/mol. The Bertz CT molecular complexity index is 1070. The normalized spacial score (nSPS) is 17.2. The van der Waals surface area contributed by atoms with Crippen molar-refractivity contribution in [3.8, 4) is 0 Å². The molecule has 0 radical (unpaired) electrons. The van der Waals surface area contributed by atoms with Crippen LogP contribution < -0.4 is 9.80 Å². The molecule has 4 rings (SSSR count). The Balaban J connectivity index is 1.85. The lowest BCUT2D eigenvalue weighted by Gasteiger charge is -2.40. The monoisotopic (exact) mass is 388 g/mol. The molecule has 1 atom stereocenters. The van der Waals surface area contributed by atoms with Crippen molar-refractivity contribution in [2.45, 2.75) is 33.7 Å². The Morgan fingerprint density at radius 1 is 0.897 bits per heavy atom. The molecule has 0 bridgehead atoms. The number of benzene rings is 2. The molecule has 29 heavy (non-hydrogen) atoms. The minimum Gasteiger partial charge on any atom is -0.467 e. The van der Waals surface area contributed by atoms with E-state index in [0.717, 1.165) is 33.6 Å². The molecule has 3 aromatic rings. The molecule has 0 spiro atoms. The van der Waals surface area contributed by atoms with E-state index >= 15 is 0 Å². The summed E-state index contributed by atoms with van der Waals surface area (Å²) in [7, 11) is 0. The smallest absolute Gasteiger partial charge is 0.258 e. The number of para-hydroxylation sites is 1. The SMILES string of the molecule is Cc1ccc(N2C(=O)CN(c3c(C)cccc3C)C(=O)[C@@H]2c2ccco2)c(C)c1. The minimum absolute atomic E-state index is 0.00491. The van der Waals surface area contributed by atoms with Crippen LogP contribution in [0, 0.1) is 27.7 Å². The van der Waals surface area contributed by atoms with Gasteiger partial charge in [0, 0.05) is 5.69 Å². The quantitative estimate of drug-likeness (QED) is 0.657. The van der Waals surface area contributed by atoms with Crippen LogP contribution in [-0.2, 0) is 9.59 Å². The van der Waals surface area contributed by atoms with Crippen molar-refractivity contribution in [3.05, 3.63) is 82.8 Å². The summed E-state index contributed by atoms with van der Waals surface area (Å²) in [4.78, 5) is 30.3. The summed E-state index contributed by atoms with van der Waals surface area (Å²) in [5.74, 6) is 0.150. The van der Waals surface area contributed by atoms with Crippen LogP contribution in [0.5, 0.6) is 0 Å². The summed E-state index contributed by atoms with van der Waals surface area (Å²) in [6.45, 7) is 7.87. The number of rotatable bonds is 3. The van der Waals surface area contributed by atoms with E-state index in [9.17, 15) is 9.59 Å². The van der Waals surface area contributed by atoms with E-state index in [1.807, 2.05) is 64.1 Å². The van der Waals surface area contributed by atoms with Crippen LogP contribution in [0.25, 0.3) is 0 Å². The Morgan fingerprint density at radius 3 is 2.24 bits per heavy atom. The average molecular weight is 388 g/mol. The molecule has 0 saturated carbocycles. The molecule has 5 nitrogen and oxygen atoms in total. The second kappa shape index (κ2) is 7.24. The number of furan rings is 1. The largest absolute Gasteiger partial charge is 0.467 e. The van der Waals surface area contributed by atoms with Crippen molar-refractivity contribution in [1.82, 2.24) is 0 Å². The Kier molecular flexibility index (Phi) is 4.74. The number of carbonyl (C=O) groups is 2. The zero-order valence-electron chi connectivity index (χ0n) is 17.1. The number of piperazine rings is 1. The van der Waals surface area contributed by atoms with Crippen LogP contribution in [0.1, 0.15) is 34.1 Å². The second-order valence-corrected chi connectivity index (χ2v) is 7.64. The predicted octanol–water partition coefficient (Wildman–Crippen LogP) is 4.63. The van der Waals surface area contributed by atoms with E-state index in [2.05, 4.69) is 0 Å². The molecule has 0 N–H and O–H groups in total. The van der Waals surface area contributed by atoms with E-state index < -0.39 is 6.04 Å². The van der Waals surface area contributed by atoms with Crippen molar-refractivity contribution < 1.29 is 14.0 Å². The fourth-order valence-electron chi connectivity index (χ4n) is 4.16. The van der Waals surface area contributed by atoms with Gasteiger partial charge in [-0.1, -0.05) is 35.9 Å². The van der Waals surface area contributed by atoms with Gasteiger partial charge in [0.05, 0.1) is 12.0 Å². The van der Waals surface area contributed by atoms with Gasteiger partial charge in [0.2, 0.25) is 5.91 Å². The van der Waals surface area contributed by atoms with Crippen LogP contribution >= 0.6 is 0 Å². The van der Waals surface area contributed by atoms with E-state index in [0.29, 0.717) is 5.76 Å². The van der Waals surface area contributed by atoms with E-state index in [1.165, 1.54) is 6.26 Å². The highest BCUT2D eigenvalue weighted by atomic mass is 16.3. The second-order valence-electron chi connectivity index (χ2n) is 7.64. The minimum atomic E-state index is -0.841. The third-order valence-corrected chi connectivity index (χ3v) is 5.45. The predicted molar refractivity (Wildman–Crippen MR) is 113 cm³/mol. The molecule has 1 aromatic heterocycles. The summed E-state index contributed by atoms with van der Waals surface area (Å²) in [6, 6.07) is 14.4. The van der Waals surface area contributed by atoms with Crippen molar-refractivity contribution in [1.29, 1.82) is 0 Å². The molecule has 148 valence electrons. The van der Waals surface area contributed by atoms with Gasteiger partial charge >= 0.3 is 0 Å².